The summed E-state index contributed by atoms with van der Waals surface area (Å²) >= 11 is 0. The summed E-state index contributed by atoms with van der Waals surface area (Å²) in [5.41, 5.74) is 14.1. The number of carbonyl (C=O) groups is 1. The van der Waals surface area contributed by atoms with Gasteiger partial charge in [0.1, 0.15) is 5.37 Å². The summed E-state index contributed by atoms with van der Waals surface area (Å²) in [6, 6.07) is 5.26. The van der Waals surface area contributed by atoms with E-state index in [9.17, 15) is 13.2 Å². The normalized spacial score (nSPS) is 12.2. The van der Waals surface area contributed by atoms with Crippen LogP contribution in [0.15, 0.2) is 34.3 Å². The van der Waals surface area contributed by atoms with Gasteiger partial charge >= 0.3 is 6.03 Å². The molecule has 8 nitrogen and oxygen atoms in total. The lowest BCUT2D eigenvalue weighted by atomic mass is 10.2. The third kappa shape index (κ3) is 4.15. The van der Waals surface area contributed by atoms with E-state index in [2.05, 4.69) is 15.3 Å². The van der Waals surface area contributed by atoms with E-state index in [0.29, 0.717) is 0 Å². The SMILES string of the molecule is Cc1ccc(S(=O)(=O)C(CCN=[N+]=[N-])NC(N)=O)cc1. The van der Waals surface area contributed by atoms with Gasteiger partial charge in [0.15, 0.2) is 9.84 Å². The maximum atomic E-state index is 12.4. The number of azide groups is 1. The number of sulfone groups is 1. The Bertz CT molecular complexity index is 620. The van der Waals surface area contributed by atoms with Gasteiger partial charge in [-0.15, -0.1) is 0 Å². The van der Waals surface area contributed by atoms with Crippen LogP contribution in [0, 0.1) is 6.92 Å². The predicted octanol–water partition coefficient (Wildman–Crippen LogP) is 1.46. The lowest BCUT2D eigenvalue weighted by molar-refractivity contribution is 0.247. The van der Waals surface area contributed by atoms with Crippen molar-refractivity contribution in [1.82, 2.24) is 5.32 Å². The van der Waals surface area contributed by atoms with Crippen LogP contribution < -0.4 is 11.1 Å². The molecule has 9 heteroatoms. The largest absolute Gasteiger partial charge is 0.352 e. The van der Waals surface area contributed by atoms with E-state index >= 15 is 0 Å². The number of hydrogen-bond donors (Lipinski definition) is 2. The maximum Gasteiger partial charge on any atom is 0.313 e. The van der Waals surface area contributed by atoms with Crippen LogP contribution in [0.1, 0.15) is 12.0 Å². The fourth-order valence-electron chi connectivity index (χ4n) is 1.58. The van der Waals surface area contributed by atoms with Crippen LogP contribution in [0.4, 0.5) is 4.79 Å². The molecule has 0 fully saturated rings. The Hall–Kier alpha value is -2.25. The molecule has 0 spiro atoms. The first-order valence-corrected chi connectivity index (χ1v) is 7.30. The molecule has 0 bridgehead atoms. The minimum atomic E-state index is -3.79. The van der Waals surface area contributed by atoms with Gasteiger partial charge in [0.25, 0.3) is 0 Å². The molecule has 2 amide bonds. The van der Waals surface area contributed by atoms with Crippen LogP contribution in [0.2, 0.25) is 0 Å². The van der Waals surface area contributed by atoms with Crippen molar-refractivity contribution >= 4 is 15.9 Å². The second-order valence-electron chi connectivity index (χ2n) is 4.10. The molecule has 0 saturated heterocycles. The minimum absolute atomic E-state index is 0.0524. The van der Waals surface area contributed by atoms with Gasteiger partial charge in [0.2, 0.25) is 0 Å². The second kappa shape index (κ2) is 6.78. The van der Waals surface area contributed by atoms with Crippen molar-refractivity contribution in [3.8, 4) is 0 Å². The molecule has 108 valence electrons. The van der Waals surface area contributed by atoms with E-state index in [1.807, 2.05) is 6.92 Å². The molecule has 20 heavy (non-hydrogen) atoms. The summed E-state index contributed by atoms with van der Waals surface area (Å²) in [5.74, 6) is 0. The minimum Gasteiger partial charge on any atom is -0.352 e. The highest BCUT2D eigenvalue weighted by Gasteiger charge is 2.27. The standard InChI is InChI=1S/C11H15N5O3S/c1-8-2-4-9(5-3-8)20(18,19)10(15-11(12)17)6-7-14-16-13/h2-5,10H,6-7H2,1H3,(H3,12,15,17). The summed E-state index contributed by atoms with van der Waals surface area (Å²) in [4.78, 5) is 13.5. The second-order valence-corrected chi connectivity index (χ2v) is 6.23. The van der Waals surface area contributed by atoms with Crippen LogP contribution in [0.5, 0.6) is 0 Å². The fourth-order valence-corrected chi connectivity index (χ4v) is 3.11. The number of rotatable bonds is 6. The third-order valence-electron chi connectivity index (χ3n) is 2.58. The van der Waals surface area contributed by atoms with Gasteiger partial charge < -0.3 is 11.1 Å². The molecule has 1 aromatic carbocycles. The number of nitrogens with zero attached hydrogens (tertiary/aromatic N) is 3. The Morgan fingerprint density at radius 3 is 2.55 bits per heavy atom. The van der Waals surface area contributed by atoms with Crippen molar-refractivity contribution < 1.29 is 13.2 Å². The van der Waals surface area contributed by atoms with Gasteiger partial charge in [-0.05, 0) is 31.0 Å². The first-order chi connectivity index (χ1) is 9.37. The first-order valence-electron chi connectivity index (χ1n) is 5.75. The lowest BCUT2D eigenvalue weighted by Crippen LogP contribution is -2.44. The van der Waals surface area contributed by atoms with Crippen LogP contribution >= 0.6 is 0 Å². The van der Waals surface area contributed by atoms with E-state index in [1.165, 1.54) is 12.1 Å². The van der Waals surface area contributed by atoms with E-state index in [4.69, 9.17) is 11.3 Å². The highest BCUT2D eigenvalue weighted by atomic mass is 32.2. The van der Waals surface area contributed by atoms with Crippen LogP contribution in [0.25, 0.3) is 10.4 Å². The summed E-state index contributed by atoms with van der Waals surface area (Å²) in [6.07, 6.45) is -0.0524. The molecule has 1 aromatic rings. The van der Waals surface area contributed by atoms with Crippen molar-refractivity contribution in [2.75, 3.05) is 6.54 Å². The molecule has 3 N–H and O–H groups in total. The predicted molar refractivity (Wildman–Crippen MR) is 73.5 cm³/mol. The molecule has 0 aliphatic heterocycles. The lowest BCUT2D eigenvalue weighted by Gasteiger charge is -2.17. The molecular formula is C11H15N5O3S. The molecule has 0 aromatic heterocycles. The Balaban J connectivity index is 3.05. The van der Waals surface area contributed by atoms with E-state index < -0.39 is 21.2 Å². The Morgan fingerprint density at radius 1 is 1.45 bits per heavy atom. The van der Waals surface area contributed by atoms with Crippen LogP contribution in [-0.2, 0) is 9.84 Å². The van der Waals surface area contributed by atoms with Gasteiger partial charge in [-0.1, -0.05) is 22.8 Å². The van der Waals surface area contributed by atoms with Crippen molar-refractivity contribution in [3.63, 3.8) is 0 Å². The van der Waals surface area contributed by atoms with Gasteiger partial charge in [-0.3, -0.25) is 0 Å². The summed E-state index contributed by atoms with van der Waals surface area (Å²) in [6.45, 7) is 1.77. The highest BCUT2D eigenvalue weighted by molar-refractivity contribution is 7.92. The average molecular weight is 297 g/mol. The zero-order valence-electron chi connectivity index (χ0n) is 10.9. The molecule has 0 heterocycles. The van der Waals surface area contributed by atoms with Crippen molar-refractivity contribution in [1.29, 1.82) is 0 Å². The van der Waals surface area contributed by atoms with E-state index in [1.54, 1.807) is 12.1 Å². The smallest absolute Gasteiger partial charge is 0.313 e. The van der Waals surface area contributed by atoms with Gasteiger partial charge in [0.05, 0.1) is 4.90 Å². The zero-order chi connectivity index (χ0) is 15.2. The summed E-state index contributed by atoms with van der Waals surface area (Å²) in [5, 5.41) is 4.20. The molecule has 1 rings (SSSR count). The van der Waals surface area contributed by atoms with Crippen molar-refractivity contribution in [2.24, 2.45) is 10.8 Å². The molecule has 0 saturated carbocycles. The van der Waals surface area contributed by atoms with Gasteiger partial charge in [-0.2, -0.15) is 0 Å². The molecule has 0 aliphatic rings. The zero-order valence-corrected chi connectivity index (χ0v) is 11.7. The maximum absolute atomic E-state index is 12.4. The number of nitrogens with two attached hydrogens (primary N) is 1. The number of benzene rings is 1. The van der Waals surface area contributed by atoms with Crippen LogP contribution in [0.3, 0.4) is 0 Å². The van der Waals surface area contributed by atoms with Gasteiger partial charge in [0, 0.05) is 11.5 Å². The Labute approximate surface area is 116 Å². The number of aryl methyl sites for hydroxylation is 1. The van der Waals surface area contributed by atoms with Gasteiger partial charge in [-0.25, -0.2) is 13.2 Å². The first kappa shape index (κ1) is 15.8. The number of amides is 2. The number of primary amides is 1. The summed E-state index contributed by atoms with van der Waals surface area (Å²) in [7, 11) is -3.79. The summed E-state index contributed by atoms with van der Waals surface area (Å²) < 4.78 is 24.7. The van der Waals surface area contributed by atoms with Crippen molar-refractivity contribution in [2.45, 2.75) is 23.6 Å². The number of hydrogen-bond acceptors (Lipinski definition) is 4. The molecule has 0 aliphatic carbocycles. The number of urea groups is 1. The van der Waals surface area contributed by atoms with E-state index in [0.717, 1.165) is 5.56 Å². The van der Waals surface area contributed by atoms with Crippen LogP contribution in [-0.4, -0.2) is 26.4 Å². The Kier molecular flexibility index (Phi) is 5.36. The van der Waals surface area contributed by atoms with E-state index in [-0.39, 0.29) is 17.9 Å². The Morgan fingerprint density at radius 2 is 2.05 bits per heavy atom. The van der Waals surface area contributed by atoms with Crippen molar-refractivity contribution in [3.05, 3.63) is 40.3 Å². The molecular weight excluding hydrogens is 282 g/mol. The average Bonchev–Trinajstić information content (AvgIpc) is 2.38. The molecule has 1 unspecified atom stereocenters. The monoisotopic (exact) mass is 297 g/mol. The molecule has 1 atom stereocenters. The quantitative estimate of drug-likeness (QED) is 0.467. The number of nitrogens with one attached hydrogen (secondary N) is 1. The highest BCUT2D eigenvalue weighted by Crippen LogP contribution is 2.17. The topological polar surface area (TPSA) is 138 Å². The third-order valence-corrected chi connectivity index (χ3v) is 4.61. The molecule has 0 radical (unpaired) electrons. The fraction of sp³-hybridized carbons (Fsp3) is 0.364. The number of carbonyl (C=O) groups excluding carboxylic acids is 1.